The number of nitro groups is 1. The minimum Gasteiger partial charge on any atom is -0.493 e. The lowest BCUT2D eigenvalue weighted by Crippen LogP contribution is -2.41. The molecule has 0 radical (unpaired) electrons. The average Bonchev–Trinajstić information content (AvgIpc) is 3.18. The Balaban J connectivity index is 1.96. The Hall–Kier alpha value is -3.88. The van der Waals surface area contributed by atoms with Crippen LogP contribution in [0.2, 0.25) is 0 Å². The van der Waals surface area contributed by atoms with Gasteiger partial charge in [-0.2, -0.15) is 0 Å². The monoisotopic (exact) mass is 426 g/mol. The number of esters is 1. The van der Waals surface area contributed by atoms with Crippen molar-refractivity contribution < 1.29 is 28.7 Å². The van der Waals surface area contributed by atoms with E-state index < -0.39 is 28.5 Å². The van der Waals surface area contributed by atoms with Gasteiger partial charge in [-0.15, -0.1) is 0 Å². The second kappa shape index (κ2) is 9.29. The van der Waals surface area contributed by atoms with E-state index in [0.717, 1.165) is 11.6 Å². The van der Waals surface area contributed by atoms with Crippen molar-refractivity contribution >= 4 is 17.6 Å². The summed E-state index contributed by atoms with van der Waals surface area (Å²) < 4.78 is 15.8. The number of amides is 1. The second-order valence-corrected chi connectivity index (χ2v) is 6.98. The van der Waals surface area contributed by atoms with Crippen LogP contribution in [0.3, 0.4) is 0 Å². The topological polar surface area (TPSA) is 108 Å². The summed E-state index contributed by atoms with van der Waals surface area (Å²) in [6.07, 6.45) is 0.238. The molecule has 1 aliphatic heterocycles. The highest BCUT2D eigenvalue weighted by Crippen LogP contribution is 2.37. The summed E-state index contributed by atoms with van der Waals surface area (Å²) in [5, 5.41) is 11.7. The molecule has 31 heavy (non-hydrogen) atoms. The smallest absolute Gasteiger partial charge is 0.328 e. The highest BCUT2D eigenvalue weighted by Gasteiger charge is 2.39. The number of carbonyl (C=O) groups excluding carboxylic acids is 2. The number of methoxy groups -OCH3 is 2. The Morgan fingerprint density at radius 2 is 1.90 bits per heavy atom. The number of hydrogen-bond acceptors (Lipinski definition) is 7. The third-order valence-electron chi connectivity index (χ3n) is 4.93. The van der Waals surface area contributed by atoms with Crippen LogP contribution in [-0.4, -0.2) is 48.5 Å². The van der Waals surface area contributed by atoms with Crippen LogP contribution in [-0.2, 0) is 16.1 Å². The third-order valence-corrected chi connectivity index (χ3v) is 4.93. The Morgan fingerprint density at radius 1 is 1.19 bits per heavy atom. The fraction of sp³-hybridized carbons (Fsp3) is 0.273. The van der Waals surface area contributed by atoms with Gasteiger partial charge in [0, 0.05) is 19.0 Å². The minimum atomic E-state index is -0.885. The van der Waals surface area contributed by atoms with Crippen LogP contribution in [0, 0.1) is 10.1 Å². The van der Waals surface area contributed by atoms with Gasteiger partial charge in [0.05, 0.1) is 25.2 Å². The Bertz CT molecular complexity index is 1020. The predicted molar refractivity (Wildman–Crippen MR) is 111 cm³/mol. The molecule has 1 atom stereocenters. The number of benzene rings is 2. The van der Waals surface area contributed by atoms with Gasteiger partial charge >= 0.3 is 5.97 Å². The molecule has 0 aromatic heterocycles. The van der Waals surface area contributed by atoms with E-state index in [2.05, 4.69) is 6.58 Å². The van der Waals surface area contributed by atoms with Crippen molar-refractivity contribution in [3.8, 4) is 11.5 Å². The first-order chi connectivity index (χ1) is 14.8. The van der Waals surface area contributed by atoms with Gasteiger partial charge in [-0.1, -0.05) is 42.5 Å². The molecule has 0 aliphatic carbocycles. The average molecular weight is 426 g/mol. The van der Waals surface area contributed by atoms with Gasteiger partial charge in [0.25, 0.3) is 11.6 Å². The Morgan fingerprint density at radius 3 is 2.52 bits per heavy atom. The van der Waals surface area contributed by atoms with Crippen molar-refractivity contribution in [2.24, 2.45) is 0 Å². The summed E-state index contributed by atoms with van der Waals surface area (Å²) in [7, 11) is 2.59. The number of nitrogens with zero attached hydrogens (tertiary/aromatic N) is 2. The molecule has 0 saturated carbocycles. The van der Waals surface area contributed by atoms with E-state index in [0.29, 0.717) is 5.57 Å². The van der Waals surface area contributed by atoms with Gasteiger partial charge in [0.15, 0.2) is 11.5 Å². The third kappa shape index (κ3) is 4.66. The van der Waals surface area contributed by atoms with E-state index in [1.807, 2.05) is 30.3 Å². The van der Waals surface area contributed by atoms with Gasteiger partial charge in [-0.3, -0.25) is 14.9 Å². The Kier molecular flexibility index (Phi) is 6.54. The maximum absolute atomic E-state index is 13.2. The molecule has 0 bridgehead atoms. The van der Waals surface area contributed by atoms with Crippen LogP contribution < -0.4 is 9.47 Å². The molecule has 3 rings (SSSR count). The molecule has 1 fully saturated rings. The van der Waals surface area contributed by atoms with E-state index in [9.17, 15) is 19.7 Å². The van der Waals surface area contributed by atoms with Crippen molar-refractivity contribution in [3.05, 3.63) is 75.9 Å². The molecule has 0 spiro atoms. The zero-order valence-electron chi connectivity index (χ0n) is 17.2. The molecule has 1 aliphatic rings. The first kappa shape index (κ1) is 21.8. The fourth-order valence-corrected chi connectivity index (χ4v) is 3.39. The molecule has 2 aromatic carbocycles. The molecule has 162 valence electrons. The van der Waals surface area contributed by atoms with Crippen LogP contribution in [0.25, 0.3) is 0 Å². The van der Waals surface area contributed by atoms with Crippen LogP contribution in [0.1, 0.15) is 22.3 Å². The largest absolute Gasteiger partial charge is 0.493 e. The second-order valence-electron chi connectivity index (χ2n) is 6.98. The maximum atomic E-state index is 13.2. The summed E-state index contributed by atoms with van der Waals surface area (Å²) in [5.74, 6) is -0.999. The van der Waals surface area contributed by atoms with E-state index in [1.165, 1.54) is 25.2 Å². The molecule has 9 nitrogen and oxygen atoms in total. The van der Waals surface area contributed by atoms with Gasteiger partial charge in [0.2, 0.25) is 0 Å². The molecular weight excluding hydrogens is 404 g/mol. The van der Waals surface area contributed by atoms with Crippen LogP contribution >= 0.6 is 0 Å². The molecular formula is C22H22N2O7. The summed E-state index contributed by atoms with van der Waals surface area (Å²) >= 11 is 0. The molecule has 1 heterocycles. The van der Waals surface area contributed by atoms with Crippen LogP contribution in [0.15, 0.2) is 54.6 Å². The van der Waals surface area contributed by atoms with Gasteiger partial charge in [-0.05, 0) is 5.56 Å². The molecule has 9 heteroatoms. The first-order valence-corrected chi connectivity index (χ1v) is 9.44. The van der Waals surface area contributed by atoms with Crippen LogP contribution in [0.5, 0.6) is 11.5 Å². The SMILES string of the molecule is C=C1C[C@@H](C(=O)OC)N(C(=O)c2cc(OC)c(OCc3ccccc3)cc2[N+](=O)[O-])C1. The number of nitro benzene ring substituents is 1. The van der Waals surface area contributed by atoms with Crippen molar-refractivity contribution in [1.82, 2.24) is 4.90 Å². The standard InChI is InChI=1S/C22H22N2O7/c1-14-9-18(22(26)30-3)23(12-14)21(25)16-10-19(29-2)20(11-17(16)24(27)28)31-13-15-7-5-4-6-8-15/h4-8,10-11,18H,1,9,12-13H2,2-3H3/t18-/m0/s1. The highest BCUT2D eigenvalue weighted by atomic mass is 16.6. The van der Waals surface area contributed by atoms with E-state index in [-0.39, 0.29) is 36.6 Å². The first-order valence-electron chi connectivity index (χ1n) is 9.44. The van der Waals surface area contributed by atoms with Crippen molar-refractivity contribution in [2.45, 2.75) is 19.1 Å². The van der Waals surface area contributed by atoms with Crippen molar-refractivity contribution in [1.29, 1.82) is 0 Å². The number of ether oxygens (including phenoxy) is 3. The molecule has 0 unspecified atom stereocenters. The van der Waals surface area contributed by atoms with Gasteiger partial charge in [0.1, 0.15) is 18.2 Å². The normalized spacial score (nSPS) is 15.5. The maximum Gasteiger partial charge on any atom is 0.328 e. The quantitative estimate of drug-likeness (QED) is 0.290. The summed E-state index contributed by atoms with van der Waals surface area (Å²) in [5.41, 5.74) is 0.859. The zero-order chi connectivity index (χ0) is 22.5. The number of carbonyl (C=O) groups is 2. The summed E-state index contributed by atoms with van der Waals surface area (Å²) in [6, 6.07) is 10.8. The van der Waals surface area contributed by atoms with Gasteiger partial charge < -0.3 is 19.1 Å². The summed E-state index contributed by atoms with van der Waals surface area (Å²) in [6.45, 7) is 4.09. The number of rotatable bonds is 7. The Labute approximate surface area is 179 Å². The highest BCUT2D eigenvalue weighted by molar-refractivity contribution is 6.01. The lowest BCUT2D eigenvalue weighted by atomic mass is 10.1. The fourth-order valence-electron chi connectivity index (χ4n) is 3.39. The van der Waals surface area contributed by atoms with E-state index >= 15 is 0 Å². The van der Waals surface area contributed by atoms with Crippen molar-refractivity contribution in [2.75, 3.05) is 20.8 Å². The van der Waals surface area contributed by atoms with Gasteiger partial charge in [-0.25, -0.2) is 4.79 Å². The van der Waals surface area contributed by atoms with E-state index in [1.54, 1.807) is 0 Å². The lowest BCUT2D eigenvalue weighted by Gasteiger charge is -2.22. The minimum absolute atomic E-state index is 0.102. The number of likely N-dealkylation sites (tertiary alicyclic amines) is 1. The molecule has 1 amide bonds. The van der Waals surface area contributed by atoms with Crippen LogP contribution in [0.4, 0.5) is 5.69 Å². The number of hydrogen-bond donors (Lipinski definition) is 0. The molecule has 2 aromatic rings. The lowest BCUT2D eigenvalue weighted by molar-refractivity contribution is -0.385. The summed E-state index contributed by atoms with van der Waals surface area (Å²) in [4.78, 5) is 37.6. The zero-order valence-corrected chi connectivity index (χ0v) is 17.2. The van der Waals surface area contributed by atoms with E-state index in [4.69, 9.17) is 14.2 Å². The van der Waals surface area contributed by atoms with Crippen molar-refractivity contribution in [3.63, 3.8) is 0 Å². The predicted octanol–water partition coefficient (Wildman–Crippen LogP) is 3.13. The molecule has 1 saturated heterocycles. The molecule has 0 N–H and O–H groups in total.